The first-order valence-electron chi connectivity index (χ1n) is 5.90. The molecule has 1 N–H and O–H groups in total. The van der Waals surface area contributed by atoms with Crippen LogP contribution in [0.5, 0.6) is 0 Å². The second-order valence-electron chi connectivity index (χ2n) is 5.01. The van der Waals surface area contributed by atoms with Crippen molar-refractivity contribution < 1.29 is 19.0 Å². The number of hydrogen-bond donors (Lipinski definition) is 1. The van der Waals surface area contributed by atoms with Gasteiger partial charge >= 0.3 is 5.97 Å². The number of rotatable bonds is 5. The van der Waals surface area contributed by atoms with Gasteiger partial charge in [-0.15, -0.1) is 0 Å². The molecule has 1 aromatic carbocycles. The summed E-state index contributed by atoms with van der Waals surface area (Å²) in [6.45, 7) is 3.13. The Morgan fingerprint density at radius 2 is 2.26 bits per heavy atom. The van der Waals surface area contributed by atoms with E-state index in [9.17, 15) is 9.18 Å². The van der Waals surface area contributed by atoms with E-state index in [1.807, 2.05) is 11.8 Å². The summed E-state index contributed by atoms with van der Waals surface area (Å²) in [5.41, 5.74) is 0.0701. The van der Waals surface area contributed by atoms with Crippen LogP contribution in [0.2, 0.25) is 5.02 Å². The third-order valence-corrected chi connectivity index (χ3v) is 3.30. The number of carboxylic acids is 1. The molecule has 0 spiro atoms. The van der Waals surface area contributed by atoms with Crippen molar-refractivity contribution >= 4 is 17.6 Å². The van der Waals surface area contributed by atoms with Crippen LogP contribution >= 0.6 is 11.6 Å². The molecule has 1 aliphatic heterocycles. The van der Waals surface area contributed by atoms with E-state index >= 15 is 0 Å². The minimum atomic E-state index is -0.986. The summed E-state index contributed by atoms with van der Waals surface area (Å²) in [5.74, 6) is -1.27. The summed E-state index contributed by atoms with van der Waals surface area (Å²) in [5, 5.41) is 9.06. The monoisotopic (exact) mass is 287 g/mol. The van der Waals surface area contributed by atoms with Crippen molar-refractivity contribution in [2.24, 2.45) is 0 Å². The van der Waals surface area contributed by atoms with E-state index in [0.29, 0.717) is 30.2 Å². The highest BCUT2D eigenvalue weighted by molar-refractivity contribution is 6.30. The van der Waals surface area contributed by atoms with Gasteiger partial charge in [0.2, 0.25) is 0 Å². The van der Waals surface area contributed by atoms with Gasteiger partial charge in [-0.05, 0) is 25.1 Å². The maximum atomic E-state index is 13.5. The molecule has 1 saturated heterocycles. The maximum absolute atomic E-state index is 13.5. The van der Waals surface area contributed by atoms with Crippen LogP contribution in [0.15, 0.2) is 18.2 Å². The lowest BCUT2D eigenvalue weighted by Gasteiger charge is -2.47. The smallest absolute Gasteiger partial charge is 0.329 e. The number of carbonyl (C=O) groups is 1. The molecule has 1 aromatic rings. The zero-order chi connectivity index (χ0) is 14.0. The summed E-state index contributed by atoms with van der Waals surface area (Å²) < 4.78 is 18.8. The van der Waals surface area contributed by atoms with Crippen molar-refractivity contribution in [1.29, 1.82) is 0 Å². The zero-order valence-electron chi connectivity index (χ0n) is 10.5. The van der Waals surface area contributed by atoms with Gasteiger partial charge in [-0.3, -0.25) is 4.90 Å². The fourth-order valence-corrected chi connectivity index (χ4v) is 2.44. The Hall–Kier alpha value is -1.17. The van der Waals surface area contributed by atoms with Gasteiger partial charge in [-0.1, -0.05) is 11.6 Å². The van der Waals surface area contributed by atoms with Crippen LogP contribution in [-0.4, -0.2) is 41.3 Å². The molecule has 0 aliphatic carbocycles. The molecule has 4 nitrogen and oxygen atoms in total. The lowest BCUT2D eigenvalue weighted by atomic mass is 9.95. The van der Waals surface area contributed by atoms with E-state index in [0.717, 1.165) is 0 Å². The molecular weight excluding hydrogens is 273 g/mol. The average Bonchev–Trinajstić information content (AvgIpc) is 2.29. The van der Waals surface area contributed by atoms with Crippen molar-refractivity contribution in [2.45, 2.75) is 19.1 Å². The summed E-state index contributed by atoms with van der Waals surface area (Å²) in [6.07, 6.45) is 0. The van der Waals surface area contributed by atoms with E-state index in [2.05, 4.69) is 0 Å². The Kier molecular flexibility index (Phi) is 4.08. The number of halogens is 2. The summed E-state index contributed by atoms with van der Waals surface area (Å²) in [6, 6.07) is 4.46. The third-order valence-electron chi connectivity index (χ3n) is 3.06. The fraction of sp³-hybridized carbons (Fsp3) is 0.462. The first-order chi connectivity index (χ1) is 8.88. The second kappa shape index (κ2) is 5.45. The maximum Gasteiger partial charge on any atom is 0.329 e. The standard InChI is InChI=1S/C13H15ClFNO3/c1-13(19-6-12(17)18)7-16(8-13)5-9-4-10(14)2-3-11(9)15/h2-4H,5-8H2,1H3,(H,17,18). The third kappa shape index (κ3) is 3.65. The number of hydrogen-bond acceptors (Lipinski definition) is 3. The van der Waals surface area contributed by atoms with Gasteiger partial charge in [0.1, 0.15) is 12.4 Å². The predicted molar refractivity (Wildman–Crippen MR) is 68.7 cm³/mol. The lowest BCUT2D eigenvalue weighted by Crippen LogP contribution is -2.61. The van der Waals surface area contributed by atoms with Gasteiger partial charge in [-0.2, -0.15) is 0 Å². The van der Waals surface area contributed by atoms with Crippen LogP contribution < -0.4 is 0 Å². The summed E-state index contributed by atoms with van der Waals surface area (Å²) >= 11 is 5.83. The highest BCUT2D eigenvalue weighted by Gasteiger charge is 2.40. The molecule has 1 heterocycles. The second-order valence-corrected chi connectivity index (χ2v) is 5.45. The molecule has 0 aromatic heterocycles. The molecule has 2 rings (SSSR count). The molecular formula is C13H15ClFNO3. The van der Waals surface area contributed by atoms with Crippen molar-refractivity contribution in [3.63, 3.8) is 0 Å². The largest absolute Gasteiger partial charge is 0.480 e. The van der Waals surface area contributed by atoms with Gasteiger partial charge in [0.25, 0.3) is 0 Å². The van der Waals surface area contributed by atoms with Crippen LogP contribution in [0, 0.1) is 5.82 Å². The molecule has 1 aliphatic rings. The molecule has 0 radical (unpaired) electrons. The van der Waals surface area contributed by atoms with Gasteiger partial charge < -0.3 is 9.84 Å². The number of likely N-dealkylation sites (tertiary alicyclic amines) is 1. The summed E-state index contributed by atoms with van der Waals surface area (Å²) in [4.78, 5) is 12.4. The number of ether oxygens (including phenoxy) is 1. The molecule has 0 unspecified atom stereocenters. The Bertz CT molecular complexity index is 489. The van der Waals surface area contributed by atoms with E-state index in [4.69, 9.17) is 21.4 Å². The predicted octanol–water partition coefficient (Wildman–Crippen LogP) is 2.15. The topological polar surface area (TPSA) is 49.8 Å². The Morgan fingerprint density at radius 1 is 1.58 bits per heavy atom. The van der Waals surface area contributed by atoms with Crippen molar-refractivity contribution in [3.8, 4) is 0 Å². The van der Waals surface area contributed by atoms with E-state index in [-0.39, 0.29) is 12.4 Å². The van der Waals surface area contributed by atoms with Crippen LogP contribution in [0.3, 0.4) is 0 Å². The molecule has 0 bridgehead atoms. The Morgan fingerprint density at radius 3 is 2.89 bits per heavy atom. The van der Waals surface area contributed by atoms with E-state index in [1.54, 1.807) is 6.07 Å². The quantitative estimate of drug-likeness (QED) is 0.901. The number of benzene rings is 1. The Labute approximate surface area is 115 Å². The van der Waals surface area contributed by atoms with Gasteiger partial charge in [0.15, 0.2) is 0 Å². The van der Waals surface area contributed by atoms with Crippen molar-refractivity contribution in [3.05, 3.63) is 34.6 Å². The molecule has 0 amide bonds. The first kappa shape index (κ1) is 14.2. The van der Waals surface area contributed by atoms with Crippen molar-refractivity contribution in [1.82, 2.24) is 4.90 Å². The molecule has 0 saturated carbocycles. The zero-order valence-corrected chi connectivity index (χ0v) is 11.3. The fourth-order valence-electron chi connectivity index (χ4n) is 2.24. The number of carboxylic acid groups (broad SMARTS) is 1. The van der Waals surface area contributed by atoms with Crippen LogP contribution in [0.1, 0.15) is 12.5 Å². The molecule has 104 valence electrons. The van der Waals surface area contributed by atoms with Gasteiger partial charge in [-0.25, -0.2) is 9.18 Å². The molecule has 19 heavy (non-hydrogen) atoms. The summed E-state index contributed by atoms with van der Waals surface area (Å²) in [7, 11) is 0. The first-order valence-corrected chi connectivity index (χ1v) is 6.28. The van der Waals surface area contributed by atoms with Gasteiger partial charge in [0.05, 0.1) is 5.60 Å². The van der Waals surface area contributed by atoms with Crippen LogP contribution in [-0.2, 0) is 16.1 Å². The molecule has 1 fully saturated rings. The minimum absolute atomic E-state index is 0.288. The van der Waals surface area contributed by atoms with Crippen molar-refractivity contribution in [2.75, 3.05) is 19.7 Å². The highest BCUT2D eigenvalue weighted by Crippen LogP contribution is 2.27. The lowest BCUT2D eigenvalue weighted by molar-refractivity contribution is -0.165. The Balaban J connectivity index is 1.87. The normalized spacial score (nSPS) is 18.1. The SMILES string of the molecule is CC1(OCC(=O)O)CN(Cc2cc(Cl)ccc2F)C1. The average molecular weight is 288 g/mol. The van der Waals surface area contributed by atoms with Crippen LogP contribution in [0.25, 0.3) is 0 Å². The number of aliphatic carboxylic acids is 1. The minimum Gasteiger partial charge on any atom is -0.480 e. The van der Waals surface area contributed by atoms with E-state index < -0.39 is 11.6 Å². The number of nitrogens with zero attached hydrogens (tertiary/aromatic N) is 1. The molecule has 0 atom stereocenters. The van der Waals surface area contributed by atoms with Crippen LogP contribution in [0.4, 0.5) is 4.39 Å². The van der Waals surface area contributed by atoms with E-state index in [1.165, 1.54) is 12.1 Å². The van der Waals surface area contributed by atoms with Gasteiger partial charge in [0, 0.05) is 30.2 Å². The molecule has 6 heteroatoms. The highest BCUT2D eigenvalue weighted by atomic mass is 35.5.